The van der Waals surface area contributed by atoms with E-state index in [4.69, 9.17) is 23.8 Å². The molecular weight excluding hydrogens is 651 g/mol. The molecule has 0 aromatic heterocycles. The molecule has 13 heteroatoms. The first-order chi connectivity index (χ1) is 19.6. The molecule has 1 fully saturated rings. The van der Waals surface area contributed by atoms with Gasteiger partial charge < -0.3 is 15.1 Å². The van der Waals surface area contributed by atoms with Crippen LogP contribution in [0.15, 0.2) is 59.1 Å². The number of carbonyl (C=O) groups is 1. The Kier molecular flexibility index (Phi) is 8.35. The lowest BCUT2D eigenvalue weighted by molar-refractivity contribution is 0.0979. The van der Waals surface area contributed by atoms with E-state index in [2.05, 4.69) is 26.6 Å². The van der Waals surface area contributed by atoms with Crippen LogP contribution in [0.1, 0.15) is 10.4 Å². The predicted octanol–water partition coefficient (Wildman–Crippen LogP) is 7.40. The molecule has 0 atom stereocenters. The maximum Gasteiger partial charge on any atom is 0.258 e. The largest absolute Gasteiger partial charge is 0.367 e. The zero-order valence-corrected chi connectivity index (χ0v) is 24.0. The standard InChI is InChI=1S/C28H19BrClF5N4OS/c29-18-6-2-3-15-16(18)4-1-5-17(15)27(40)37-28(41)36-14-7-8-20(19(30)13-14)38-9-11-39(12-10-38)26-24(34)22(32)21(31)23(33)25(26)35/h1-8,13H,9-12H2,(H2,36,37,40,41). The predicted molar refractivity (Wildman–Crippen MR) is 157 cm³/mol. The maximum absolute atomic E-state index is 14.2. The highest BCUT2D eigenvalue weighted by Gasteiger charge is 2.31. The van der Waals surface area contributed by atoms with Crippen molar-refractivity contribution in [1.82, 2.24) is 5.32 Å². The molecule has 1 saturated heterocycles. The molecule has 0 saturated carbocycles. The molecule has 41 heavy (non-hydrogen) atoms. The molecule has 1 aliphatic rings. The zero-order chi connectivity index (χ0) is 29.4. The lowest BCUT2D eigenvalue weighted by Gasteiger charge is -2.38. The average Bonchev–Trinajstić information content (AvgIpc) is 2.95. The van der Waals surface area contributed by atoms with E-state index in [0.29, 0.717) is 22.0 Å². The normalized spacial score (nSPS) is 13.4. The zero-order valence-electron chi connectivity index (χ0n) is 20.9. The smallest absolute Gasteiger partial charge is 0.258 e. The van der Waals surface area contributed by atoms with Crippen molar-refractivity contribution < 1.29 is 26.7 Å². The molecule has 0 spiro atoms. The summed E-state index contributed by atoms with van der Waals surface area (Å²) < 4.78 is 70.1. The molecule has 0 radical (unpaired) electrons. The number of thiocarbonyl (C=S) groups is 1. The summed E-state index contributed by atoms with van der Waals surface area (Å²) in [5.74, 6) is -10.3. The Morgan fingerprint density at radius 3 is 2.05 bits per heavy atom. The Hall–Kier alpha value is -3.48. The lowest BCUT2D eigenvalue weighted by Crippen LogP contribution is -2.47. The van der Waals surface area contributed by atoms with Gasteiger partial charge in [0, 0.05) is 41.9 Å². The number of rotatable bonds is 4. The molecule has 1 amide bonds. The third-order valence-electron chi connectivity index (χ3n) is 6.67. The van der Waals surface area contributed by atoms with Gasteiger partial charge >= 0.3 is 0 Å². The van der Waals surface area contributed by atoms with Crippen LogP contribution >= 0.6 is 39.7 Å². The number of hydrogen-bond donors (Lipinski definition) is 2. The molecule has 1 aliphatic heterocycles. The Bertz CT molecular complexity index is 1670. The van der Waals surface area contributed by atoms with Gasteiger partial charge in [-0.15, -0.1) is 0 Å². The molecular formula is C28H19BrClF5N4OS. The van der Waals surface area contributed by atoms with Gasteiger partial charge in [0.1, 0.15) is 5.69 Å². The quantitative estimate of drug-likeness (QED) is 0.103. The third-order valence-corrected chi connectivity index (χ3v) is 7.87. The van der Waals surface area contributed by atoms with Crippen LogP contribution in [0.4, 0.5) is 39.0 Å². The molecule has 4 aromatic carbocycles. The van der Waals surface area contributed by atoms with Crippen molar-refractivity contribution in [3.05, 3.63) is 98.7 Å². The van der Waals surface area contributed by atoms with Gasteiger partial charge in [-0.2, -0.15) is 0 Å². The van der Waals surface area contributed by atoms with Crippen molar-refractivity contribution in [3.63, 3.8) is 0 Å². The number of carbonyl (C=O) groups excluding carboxylic acids is 1. The van der Waals surface area contributed by atoms with E-state index in [1.807, 2.05) is 29.2 Å². The van der Waals surface area contributed by atoms with Gasteiger partial charge in [0.2, 0.25) is 5.82 Å². The Morgan fingerprint density at radius 1 is 0.805 bits per heavy atom. The molecule has 0 aliphatic carbocycles. The highest BCUT2D eigenvalue weighted by atomic mass is 79.9. The second-order valence-electron chi connectivity index (χ2n) is 9.11. The number of benzene rings is 4. The van der Waals surface area contributed by atoms with E-state index in [9.17, 15) is 26.7 Å². The number of anilines is 3. The minimum absolute atomic E-state index is 0.00442. The van der Waals surface area contributed by atoms with Gasteiger partial charge in [-0.05, 0) is 53.3 Å². The summed E-state index contributed by atoms with van der Waals surface area (Å²) in [7, 11) is 0. The van der Waals surface area contributed by atoms with Crippen LogP contribution in [-0.2, 0) is 0 Å². The second-order valence-corrected chi connectivity index (χ2v) is 10.8. The molecule has 4 aromatic rings. The number of nitrogens with zero attached hydrogens (tertiary/aromatic N) is 2. The van der Waals surface area contributed by atoms with E-state index in [-0.39, 0.29) is 37.2 Å². The summed E-state index contributed by atoms with van der Waals surface area (Å²) in [4.78, 5) is 15.9. The summed E-state index contributed by atoms with van der Waals surface area (Å²) in [5.41, 5.74) is 0.611. The Labute approximate surface area is 250 Å². The van der Waals surface area contributed by atoms with Crippen LogP contribution in [0.5, 0.6) is 0 Å². The van der Waals surface area contributed by atoms with E-state index in [1.54, 1.807) is 30.3 Å². The lowest BCUT2D eigenvalue weighted by atomic mass is 10.0. The highest BCUT2D eigenvalue weighted by Crippen LogP contribution is 2.34. The van der Waals surface area contributed by atoms with E-state index >= 15 is 0 Å². The summed E-state index contributed by atoms with van der Waals surface area (Å²) >= 11 is 15.3. The third kappa shape index (κ3) is 5.68. The molecule has 2 N–H and O–H groups in total. The molecule has 1 heterocycles. The SMILES string of the molecule is O=C(NC(=S)Nc1ccc(N2CCN(c3c(F)c(F)c(F)c(F)c3F)CC2)c(Cl)c1)c1cccc2c(Br)cccc12. The Balaban J connectivity index is 1.23. The van der Waals surface area contributed by atoms with Gasteiger partial charge in [0.25, 0.3) is 5.91 Å². The van der Waals surface area contributed by atoms with Crippen LogP contribution in [0.25, 0.3) is 10.8 Å². The van der Waals surface area contributed by atoms with E-state index < -0.39 is 34.8 Å². The minimum atomic E-state index is -2.19. The number of halogens is 7. The van der Waals surface area contributed by atoms with Crippen molar-refractivity contribution >= 4 is 78.6 Å². The summed E-state index contributed by atoms with van der Waals surface area (Å²) in [6.07, 6.45) is 0. The van der Waals surface area contributed by atoms with Crippen molar-refractivity contribution in [3.8, 4) is 0 Å². The van der Waals surface area contributed by atoms with Gasteiger partial charge in [-0.1, -0.05) is 51.8 Å². The van der Waals surface area contributed by atoms with Crippen molar-refractivity contribution in [2.24, 2.45) is 0 Å². The molecule has 212 valence electrons. The van der Waals surface area contributed by atoms with Crippen LogP contribution in [0, 0.1) is 29.1 Å². The van der Waals surface area contributed by atoms with Crippen LogP contribution in [0.2, 0.25) is 5.02 Å². The van der Waals surface area contributed by atoms with Gasteiger partial charge in [0.15, 0.2) is 28.4 Å². The van der Waals surface area contributed by atoms with Gasteiger partial charge in [-0.3, -0.25) is 10.1 Å². The average molecular weight is 670 g/mol. The number of hydrogen-bond acceptors (Lipinski definition) is 4. The summed E-state index contributed by atoms with van der Waals surface area (Å²) in [6.45, 7) is 0.411. The van der Waals surface area contributed by atoms with Crippen molar-refractivity contribution in [2.75, 3.05) is 41.3 Å². The van der Waals surface area contributed by atoms with Gasteiger partial charge in [0.05, 0.1) is 10.7 Å². The number of amides is 1. The van der Waals surface area contributed by atoms with Crippen molar-refractivity contribution in [1.29, 1.82) is 0 Å². The second kappa shape index (κ2) is 11.8. The van der Waals surface area contributed by atoms with Crippen LogP contribution < -0.4 is 20.4 Å². The first-order valence-corrected chi connectivity index (χ1v) is 13.7. The molecule has 5 nitrogen and oxygen atoms in total. The monoisotopic (exact) mass is 668 g/mol. The first-order valence-electron chi connectivity index (χ1n) is 12.2. The fourth-order valence-electron chi connectivity index (χ4n) is 4.69. The van der Waals surface area contributed by atoms with Crippen molar-refractivity contribution in [2.45, 2.75) is 0 Å². The number of fused-ring (bicyclic) bond motifs is 1. The minimum Gasteiger partial charge on any atom is -0.367 e. The van der Waals surface area contributed by atoms with E-state index in [0.717, 1.165) is 20.1 Å². The Morgan fingerprint density at radius 2 is 1.39 bits per heavy atom. The number of piperazine rings is 1. The van der Waals surface area contributed by atoms with E-state index in [1.165, 1.54) is 0 Å². The summed E-state index contributed by atoms with van der Waals surface area (Å²) in [5, 5.41) is 7.61. The fourth-order valence-corrected chi connectivity index (χ4v) is 5.69. The molecule has 5 rings (SSSR count). The molecule has 0 bridgehead atoms. The topological polar surface area (TPSA) is 47.6 Å². The summed E-state index contributed by atoms with van der Waals surface area (Å²) in [6, 6.07) is 15.9. The van der Waals surface area contributed by atoms with Crippen LogP contribution in [0.3, 0.4) is 0 Å². The fraction of sp³-hybridized carbons (Fsp3) is 0.143. The molecule has 0 unspecified atom stereocenters. The first kappa shape index (κ1) is 29.0. The maximum atomic E-state index is 14.2. The van der Waals surface area contributed by atoms with Gasteiger partial charge in [-0.25, -0.2) is 22.0 Å². The number of nitrogens with one attached hydrogen (secondary N) is 2. The highest BCUT2D eigenvalue weighted by molar-refractivity contribution is 9.10. The van der Waals surface area contributed by atoms with Crippen LogP contribution in [-0.4, -0.2) is 37.2 Å².